The minimum atomic E-state index is 0.0825. The normalized spacial score (nSPS) is 21.7. The summed E-state index contributed by atoms with van der Waals surface area (Å²) < 4.78 is 5.33. The average molecular weight is 466 g/mol. The molecule has 1 fully saturated rings. The Kier molecular flexibility index (Phi) is 6.31. The molecule has 5 rings (SSSR count). The molecule has 0 N–H and O–H groups in total. The van der Waals surface area contributed by atoms with Crippen LogP contribution in [-0.2, 0) is 0 Å². The molecule has 3 aliphatic heterocycles. The Morgan fingerprint density at radius 3 is 2.50 bits per heavy atom. The number of ether oxygens (including phenoxy) is 1. The van der Waals surface area contributed by atoms with Crippen molar-refractivity contribution < 1.29 is 4.74 Å². The number of thioether (sulfide) groups is 1. The van der Waals surface area contributed by atoms with Crippen LogP contribution in [0.5, 0.6) is 5.75 Å². The van der Waals surface area contributed by atoms with E-state index in [0.717, 1.165) is 33.7 Å². The van der Waals surface area contributed by atoms with Crippen molar-refractivity contribution in [1.29, 1.82) is 0 Å². The van der Waals surface area contributed by atoms with E-state index in [0.29, 0.717) is 5.92 Å². The molecule has 0 amide bonds. The molecule has 2 aromatic carbocycles. The van der Waals surface area contributed by atoms with E-state index in [-0.39, 0.29) is 6.04 Å². The van der Waals surface area contributed by atoms with E-state index < -0.39 is 0 Å². The Hall–Kier alpha value is -2.21. The van der Waals surface area contributed by atoms with Gasteiger partial charge < -0.3 is 14.5 Å². The fourth-order valence-corrected chi connectivity index (χ4v) is 5.87. The molecule has 0 aliphatic carbocycles. The summed E-state index contributed by atoms with van der Waals surface area (Å²) in [7, 11) is 1.69. The number of nitrogens with zero attached hydrogens (tertiary/aromatic N) is 3. The number of halogens is 1. The number of hydrogen-bond donors (Lipinski definition) is 0. The van der Waals surface area contributed by atoms with E-state index in [1.54, 1.807) is 18.9 Å². The Balaban J connectivity index is 1.48. The van der Waals surface area contributed by atoms with Crippen LogP contribution in [0.4, 0.5) is 0 Å². The minimum absolute atomic E-state index is 0.0825. The van der Waals surface area contributed by atoms with Gasteiger partial charge >= 0.3 is 0 Å². The van der Waals surface area contributed by atoms with Crippen molar-refractivity contribution in [3.63, 3.8) is 0 Å². The summed E-state index contributed by atoms with van der Waals surface area (Å²) in [6.45, 7) is 5.87. The standard InChI is InChI=1S/C26H28ClN3OS/c1-18(16-29-13-3-4-14-29)25-17-32-26-28-23(19-7-11-22(31-2)12-8-19)15-24(30(25)26)20-5-9-21(27)10-6-20/h5-12,15,17-18,24H,3-4,13-14,16H2,1-2H3. The van der Waals surface area contributed by atoms with Crippen molar-refractivity contribution in [2.24, 2.45) is 10.9 Å². The summed E-state index contributed by atoms with van der Waals surface area (Å²) >= 11 is 7.94. The van der Waals surface area contributed by atoms with Crippen molar-refractivity contribution in [2.45, 2.75) is 25.8 Å². The van der Waals surface area contributed by atoms with Crippen LogP contribution in [0.3, 0.4) is 0 Å². The highest BCUT2D eigenvalue weighted by Gasteiger charge is 2.36. The molecule has 0 bridgehead atoms. The van der Waals surface area contributed by atoms with E-state index in [4.69, 9.17) is 21.3 Å². The van der Waals surface area contributed by atoms with Gasteiger partial charge in [0.15, 0.2) is 5.17 Å². The maximum Gasteiger partial charge on any atom is 0.173 e. The summed E-state index contributed by atoms with van der Waals surface area (Å²) in [6, 6.07) is 16.4. The molecule has 2 unspecified atom stereocenters. The summed E-state index contributed by atoms with van der Waals surface area (Å²) in [5.74, 6) is 1.29. The van der Waals surface area contributed by atoms with Crippen LogP contribution in [0.1, 0.15) is 36.9 Å². The van der Waals surface area contributed by atoms with Gasteiger partial charge in [0.2, 0.25) is 0 Å². The zero-order valence-corrected chi connectivity index (χ0v) is 20.1. The molecule has 2 atom stereocenters. The van der Waals surface area contributed by atoms with Gasteiger partial charge in [-0.25, -0.2) is 4.99 Å². The first kappa shape index (κ1) is 21.6. The average Bonchev–Trinajstić information content (AvgIpc) is 3.49. The van der Waals surface area contributed by atoms with Crippen LogP contribution in [0, 0.1) is 5.92 Å². The second-order valence-corrected chi connectivity index (χ2v) is 9.88. The van der Waals surface area contributed by atoms with Crippen molar-refractivity contribution in [2.75, 3.05) is 26.7 Å². The summed E-state index contributed by atoms with van der Waals surface area (Å²) in [5.41, 5.74) is 4.66. The molecular weight excluding hydrogens is 438 g/mol. The molecular formula is C26H28ClN3OS. The number of hydrogen-bond acceptors (Lipinski definition) is 5. The minimum Gasteiger partial charge on any atom is -0.497 e. The maximum absolute atomic E-state index is 6.20. The Labute approximate surface area is 199 Å². The van der Waals surface area contributed by atoms with E-state index in [9.17, 15) is 0 Å². The van der Waals surface area contributed by atoms with Crippen molar-refractivity contribution in [3.8, 4) is 5.75 Å². The fourth-order valence-electron chi connectivity index (χ4n) is 4.69. The van der Waals surface area contributed by atoms with Crippen molar-refractivity contribution >= 4 is 34.2 Å². The number of benzene rings is 2. The van der Waals surface area contributed by atoms with Crippen molar-refractivity contribution in [3.05, 3.63) is 81.9 Å². The molecule has 4 nitrogen and oxygen atoms in total. The first-order chi connectivity index (χ1) is 15.6. The molecule has 2 aromatic rings. The predicted octanol–water partition coefficient (Wildman–Crippen LogP) is 6.42. The highest BCUT2D eigenvalue weighted by atomic mass is 35.5. The summed E-state index contributed by atoms with van der Waals surface area (Å²) in [4.78, 5) is 10.1. The molecule has 0 spiro atoms. The van der Waals surface area contributed by atoms with Crippen LogP contribution < -0.4 is 4.74 Å². The predicted molar refractivity (Wildman–Crippen MR) is 135 cm³/mol. The highest BCUT2D eigenvalue weighted by molar-refractivity contribution is 8.16. The lowest BCUT2D eigenvalue weighted by Gasteiger charge is -2.36. The quantitative estimate of drug-likeness (QED) is 0.491. The maximum atomic E-state index is 6.20. The van der Waals surface area contributed by atoms with Crippen LogP contribution >= 0.6 is 23.4 Å². The number of likely N-dealkylation sites (tertiary alicyclic amines) is 1. The number of methoxy groups -OCH3 is 1. The van der Waals surface area contributed by atoms with Gasteiger partial charge in [0.25, 0.3) is 0 Å². The fraction of sp³-hybridized carbons (Fsp3) is 0.346. The van der Waals surface area contributed by atoms with Gasteiger partial charge in [-0.1, -0.05) is 42.4 Å². The number of aliphatic imine (C=N–C) groups is 1. The molecule has 0 saturated carbocycles. The zero-order valence-electron chi connectivity index (χ0n) is 18.5. The smallest absolute Gasteiger partial charge is 0.173 e. The summed E-state index contributed by atoms with van der Waals surface area (Å²) in [5, 5.41) is 4.10. The van der Waals surface area contributed by atoms with Gasteiger partial charge in [-0.2, -0.15) is 0 Å². The van der Waals surface area contributed by atoms with Gasteiger partial charge in [-0.3, -0.25) is 0 Å². The van der Waals surface area contributed by atoms with E-state index >= 15 is 0 Å². The van der Waals surface area contributed by atoms with Gasteiger partial charge in [-0.05, 0) is 79.4 Å². The Morgan fingerprint density at radius 2 is 1.81 bits per heavy atom. The van der Waals surface area contributed by atoms with Crippen LogP contribution in [0.15, 0.2) is 70.7 Å². The van der Waals surface area contributed by atoms with Gasteiger partial charge in [0.05, 0.1) is 18.8 Å². The molecule has 0 aromatic heterocycles. The molecule has 1 saturated heterocycles. The van der Waals surface area contributed by atoms with Crippen LogP contribution in [0.2, 0.25) is 5.02 Å². The van der Waals surface area contributed by atoms with Crippen LogP contribution in [0.25, 0.3) is 5.70 Å². The van der Waals surface area contributed by atoms with Crippen molar-refractivity contribution in [1.82, 2.24) is 9.80 Å². The second-order valence-electron chi connectivity index (χ2n) is 8.61. The lowest BCUT2D eigenvalue weighted by Crippen LogP contribution is -2.36. The zero-order chi connectivity index (χ0) is 22.1. The first-order valence-corrected chi connectivity index (χ1v) is 12.5. The molecule has 6 heteroatoms. The van der Waals surface area contributed by atoms with E-state index in [1.807, 2.05) is 24.3 Å². The van der Waals surface area contributed by atoms with Gasteiger partial charge in [0.1, 0.15) is 5.75 Å². The Morgan fingerprint density at radius 1 is 1.09 bits per heavy atom. The lowest BCUT2D eigenvalue weighted by atomic mass is 9.98. The molecule has 3 aliphatic rings. The third-order valence-corrected chi connectivity index (χ3v) is 7.52. The number of fused-ring (bicyclic) bond motifs is 1. The lowest BCUT2D eigenvalue weighted by molar-refractivity contribution is 0.280. The van der Waals surface area contributed by atoms with E-state index in [2.05, 4.69) is 52.5 Å². The molecule has 32 heavy (non-hydrogen) atoms. The Bertz CT molecular complexity index is 1060. The van der Waals surface area contributed by atoms with E-state index in [1.165, 1.54) is 37.2 Å². The molecule has 3 heterocycles. The topological polar surface area (TPSA) is 28.1 Å². The summed E-state index contributed by atoms with van der Waals surface area (Å²) in [6.07, 6.45) is 4.91. The monoisotopic (exact) mass is 465 g/mol. The molecule has 166 valence electrons. The van der Waals surface area contributed by atoms with Gasteiger partial charge in [0, 0.05) is 28.7 Å². The number of amidine groups is 1. The largest absolute Gasteiger partial charge is 0.497 e. The number of rotatable bonds is 6. The molecule has 0 radical (unpaired) electrons. The second kappa shape index (κ2) is 9.34. The first-order valence-electron chi connectivity index (χ1n) is 11.2. The highest BCUT2D eigenvalue weighted by Crippen LogP contribution is 2.44. The SMILES string of the molecule is COc1ccc(C2=CC(c3ccc(Cl)cc3)N3C(C(C)CN4CCCC4)=CSC3=N2)cc1. The van der Waals surface area contributed by atoms with Gasteiger partial charge in [-0.15, -0.1) is 0 Å². The van der Waals surface area contributed by atoms with Crippen LogP contribution in [-0.4, -0.2) is 41.7 Å². The third kappa shape index (κ3) is 4.34. The third-order valence-electron chi connectivity index (χ3n) is 6.41.